The minimum absolute atomic E-state index is 0.0521. The maximum atomic E-state index is 12.2. The van der Waals surface area contributed by atoms with Gasteiger partial charge in [-0.3, -0.25) is 9.89 Å². The summed E-state index contributed by atoms with van der Waals surface area (Å²) in [6.07, 6.45) is 4.75. The number of aryl methyl sites for hydroxylation is 1. The monoisotopic (exact) mass is 374 g/mol. The van der Waals surface area contributed by atoms with Crippen LogP contribution in [0.4, 0.5) is 0 Å². The number of aromatic amines is 1. The Labute approximate surface area is 158 Å². The van der Waals surface area contributed by atoms with Crippen LogP contribution in [0.25, 0.3) is 0 Å². The number of H-pyrrole nitrogens is 1. The SMILES string of the molecule is Cc1ccccc1OCc1nc(SCC(=O)N[C@@H]2CCCC[C@@H]2C)n[nH]1. The third-order valence-electron chi connectivity index (χ3n) is 4.76. The highest BCUT2D eigenvalue weighted by Crippen LogP contribution is 2.24. The third-order valence-corrected chi connectivity index (χ3v) is 5.61. The maximum Gasteiger partial charge on any atom is 0.230 e. The highest BCUT2D eigenvalue weighted by Gasteiger charge is 2.22. The molecule has 2 aromatic rings. The van der Waals surface area contributed by atoms with E-state index < -0.39 is 0 Å². The van der Waals surface area contributed by atoms with Crippen molar-refractivity contribution in [1.82, 2.24) is 20.5 Å². The smallest absolute Gasteiger partial charge is 0.230 e. The van der Waals surface area contributed by atoms with E-state index in [1.807, 2.05) is 31.2 Å². The Morgan fingerprint density at radius 3 is 2.96 bits per heavy atom. The summed E-state index contributed by atoms with van der Waals surface area (Å²) in [6.45, 7) is 4.54. The summed E-state index contributed by atoms with van der Waals surface area (Å²) < 4.78 is 5.75. The molecule has 2 atom stereocenters. The number of benzene rings is 1. The second-order valence-corrected chi connectivity index (χ2v) is 7.79. The van der Waals surface area contributed by atoms with Gasteiger partial charge in [0.05, 0.1) is 5.75 Å². The van der Waals surface area contributed by atoms with Crippen molar-refractivity contribution in [1.29, 1.82) is 0 Å². The molecular formula is C19H26N4O2S. The van der Waals surface area contributed by atoms with Crippen molar-refractivity contribution in [2.75, 3.05) is 5.75 Å². The van der Waals surface area contributed by atoms with Crippen molar-refractivity contribution in [2.24, 2.45) is 5.92 Å². The number of nitrogens with zero attached hydrogens (tertiary/aromatic N) is 2. The number of para-hydroxylation sites is 1. The van der Waals surface area contributed by atoms with Crippen LogP contribution < -0.4 is 10.1 Å². The van der Waals surface area contributed by atoms with Gasteiger partial charge in [-0.15, -0.1) is 5.10 Å². The van der Waals surface area contributed by atoms with E-state index in [1.165, 1.54) is 31.0 Å². The molecule has 0 unspecified atom stereocenters. The minimum Gasteiger partial charge on any atom is -0.485 e. The quantitative estimate of drug-likeness (QED) is 0.725. The van der Waals surface area contributed by atoms with E-state index in [9.17, 15) is 4.79 Å². The van der Waals surface area contributed by atoms with Crippen molar-refractivity contribution in [3.63, 3.8) is 0 Å². The third kappa shape index (κ3) is 5.24. The Bertz CT molecular complexity index is 734. The summed E-state index contributed by atoms with van der Waals surface area (Å²) in [5.74, 6) is 2.43. The van der Waals surface area contributed by atoms with E-state index in [0.29, 0.717) is 35.3 Å². The molecule has 1 aliphatic rings. The number of hydrogen-bond donors (Lipinski definition) is 2. The summed E-state index contributed by atoms with van der Waals surface area (Å²) in [5.41, 5.74) is 1.08. The molecule has 1 amide bonds. The topological polar surface area (TPSA) is 79.9 Å². The highest BCUT2D eigenvalue weighted by molar-refractivity contribution is 7.99. The van der Waals surface area contributed by atoms with Gasteiger partial charge < -0.3 is 10.1 Å². The first kappa shape index (κ1) is 18.8. The largest absolute Gasteiger partial charge is 0.485 e. The molecule has 2 N–H and O–H groups in total. The normalized spacial score (nSPS) is 19.9. The predicted octanol–water partition coefficient (Wildman–Crippen LogP) is 3.48. The van der Waals surface area contributed by atoms with Crippen molar-refractivity contribution in [3.05, 3.63) is 35.7 Å². The van der Waals surface area contributed by atoms with Crippen LogP contribution in [0.1, 0.15) is 44.0 Å². The van der Waals surface area contributed by atoms with Crippen molar-refractivity contribution in [3.8, 4) is 5.75 Å². The first-order chi connectivity index (χ1) is 12.6. The molecule has 1 aromatic carbocycles. The highest BCUT2D eigenvalue weighted by atomic mass is 32.2. The number of carbonyl (C=O) groups is 1. The standard InChI is InChI=1S/C19H26N4O2S/c1-13-7-3-5-9-15(13)20-18(24)12-26-19-21-17(22-23-19)11-25-16-10-6-4-8-14(16)2/h4,6,8,10,13,15H,3,5,7,9,11-12H2,1-2H3,(H,20,24)(H,21,22,23)/t13-,15+/m0/s1. The second kappa shape index (κ2) is 9.07. The van der Waals surface area contributed by atoms with Gasteiger partial charge in [0, 0.05) is 6.04 Å². The molecule has 140 valence electrons. The Morgan fingerprint density at radius 2 is 2.15 bits per heavy atom. The first-order valence-electron chi connectivity index (χ1n) is 9.13. The molecule has 0 spiro atoms. The van der Waals surface area contributed by atoms with E-state index >= 15 is 0 Å². The number of carbonyl (C=O) groups excluding carboxylic acids is 1. The molecule has 0 aliphatic heterocycles. The van der Waals surface area contributed by atoms with Crippen LogP contribution in [-0.2, 0) is 11.4 Å². The fourth-order valence-corrected chi connectivity index (χ4v) is 3.81. The number of hydrogen-bond acceptors (Lipinski definition) is 5. The van der Waals surface area contributed by atoms with Gasteiger partial charge in [0.25, 0.3) is 0 Å². The lowest BCUT2D eigenvalue weighted by molar-refractivity contribution is -0.119. The van der Waals surface area contributed by atoms with Gasteiger partial charge in [-0.25, -0.2) is 4.98 Å². The predicted molar refractivity (Wildman–Crippen MR) is 102 cm³/mol. The molecule has 1 aromatic heterocycles. The maximum absolute atomic E-state index is 12.2. The molecule has 3 rings (SSSR count). The number of ether oxygens (including phenoxy) is 1. The first-order valence-corrected chi connectivity index (χ1v) is 10.1. The molecule has 1 heterocycles. The number of rotatable bonds is 7. The Morgan fingerprint density at radius 1 is 1.35 bits per heavy atom. The van der Waals surface area contributed by atoms with Gasteiger partial charge in [-0.1, -0.05) is 49.7 Å². The Hall–Kier alpha value is -2.02. The zero-order valence-electron chi connectivity index (χ0n) is 15.3. The average molecular weight is 375 g/mol. The van der Waals surface area contributed by atoms with Crippen LogP contribution in [0.2, 0.25) is 0 Å². The summed E-state index contributed by atoms with van der Waals surface area (Å²) in [6, 6.07) is 8.16. The summed E-state index contributed by atoms with van der Waals surface area (Å²) in [7, 11) is 0. The van der Waals surface area contributed by atoms with Crippen molar-refractivity contribution in [2.45, 2.75) is 57.3 Å². The van der Waals surface area contributed by atoms with Gasteiger partial charge in [-0.2, -0.15) is 0 Å². The zero-order chi connectivity index (χ0) is 18.4. The molecular weight excluding hydrogens is 348 g/mol. The van der Waals surface area contributed by atoms with Gasteiger partial charge in [-0.05, 0) is 37.3 Å². The molecule has 26 heavy (non-hydrogen) atoms. The fourth-order valence-electron chi connectivity index (χ4n) is 3.18. The minimum atomic E-state index is 0.0521. The number of amides is 1. The van der Waals surface area contributed by atoms with E-state index in [0.717, 1.165) is 17.7 Å². The molecule has 6 nitrogen and oxygen atoms in total. The molecule has 0 radical (unpaired) electrons. The van der Waals surface area contributed by atoms with E-state index in [4.69, 9.17) is 4.74 Å². The average Bonchev–Trinajstić information content (AvgIpc) is 3.09. The fraction of sp³-hybridized carbons (Fsp3) is 0.526. The number of thioether (sulfide) groups is 1. The lowest BCUT2D eigenvalue weighted by Gasteiger charge is -2.29. The van der Waals surface area contributed by atoms with Gasteiger partial charge in [0.1, 0.15) is 12.4 Å². The Balaban J connectivity index is 1.43. The van der Waals surface area contributed by atoms with E-state index in [-0.39, 0.29) is 5.91 Å². The van der Waals surface area contributed by atoms with Crippen LogP contribution >= 0.6 is 11.8 Å². The van der Waals surface area contributed by atoms with Gasteiger partial charge in [0.15, 0.2) is 5.82 Å². The molecule has 1 fully saturated rings. The number of nitrogens with one attached hydrogen (secondary N) is 2. The number of aromatic nitrogens is 3. The Kier molecular flexibility index (Phi) is 6.55. The van der Waals surface area contributed by atoms with E-state index in [2.05, 4.69) is 27.4 Å². The zero-order valence-corrected chi connectivity index (χ0v) is 16.1. The van der Waals surface area contributed by atoms with Crippen LogP contribution in [-0.4, -0.2) is 32.9 Å². The molecule has 7 heteroatoms. The lowest BCUT2D eigenvalue weighted by atomic mass is 9.86. The summed E-state index contributed by atoms with van der Waals surface area (Å²) in [4.78, 5) is 16.5. The second-order valence-electron chi connectivity index (χ2n) is 6.84. The van der Waals surface area contributed by atoms with Crippen molar-refractivity contribution >= 4 is 17.7 Å². The van der Waals surface area contributed by atoms with Gasteiger partial charge >= 0.3 is 0 Å². The summed E-state index contributed by atoms with van der Waals surface area (Å²) in [5, 5.41) is 10.7. The molecule has 0 bridgehead atoms. The summed E-state index contributed by atoms with van der Waals surface area (Å²) >= 11 is 1.34. The molecule has 0 saturated heterocycles. The van der Waals surface area contributed by atoms with E-state index in [1.54, 1.807) is 0 Å². The van der Waals surface area contributed by atoms with Crippen molar-refractivity contribution < 1.29 is 9.53 Å². The lowest BCUT2D eigenvalue weighted by Crippen LogP contribution is -2.41. The van der Waals surface area contributed by atoms with Gasteiger partial charge in [0.2, 0.25) is 11.1 Å². The van der Waals surface area contributed by atoms with Crippen LogP contribution in [0.15, 0.2) is 29.4 Å². The van der Waals surface area contributed by atoms with Crippen LogP contribution in [0, 0.1) is 12.8 Å². The molecule has 1 saturated carbocycles. The van der Waals surface area contributed by atoms with Crippen LogP contribution in [0.5, 0.6) is 5.75 Å². The molecule has 1 aliphatic carbocycles. The van der Waals surface area contributed by atoms with Crippen LogP contribution in [0.3, 0.4) is 0 Å².